The van der Waals surface area contributed by atoms with Crippen LogP contribution in [-0.2, 0) is 0 Å². The average Bonchev–Trinajstić information content (AvgIpc) is 2.58. The summed E-state index contributed by atoms with van der Waals surface area (Å²) in [4.78, 5) is 12.6. The summed E-state index contributed by atoms with van der Waals surface area (Å²) in [6.07, 6.45) is 1.85. The molecule has 5 nitrogen and oxygen atoms in total. The van der Waals surface area contributed by atoms with Gasteiger partial charge in [-0.05, 0) is 25.1 Å². The van der Waals surface area contributed by atoms with E-state index in [-0.39, 0.29) is 16.8 Å². The van der Waals surface area contributed by atoms with Crippen LogP contribution < -0.4 is 9.64 Å². The number of nitro benzene ring substituents is 1. The molecule has 1 aliphatic heterocycles. The molecule has 0 bridgehead atoms. The number of ether oxygens (including phenoxy) is 1. The van der Waals surface area contributed by atoms with E-state index in [4.69, 9.17) is 16.3 Å². The van der Waals surface area contributed by atoms with Crippen LogP contribution in [0.1, 0.15) is 18.4 Å². The van der Waals surface area contributed by atoms with Gasteiger partial charge < -0.3 is 9.64 Å². The predicted molar refractivity (Wildman–Crippen MR) is 95.1 cm³/mol. The van der Waals surface area contributed by atoms with Crippen LogP contribution in [0.5, 0.6) is 5.75 Å². The van der Waals surface area contributed by atoms with Crippen LogP contribution in [0, 0.1) is 17.0 Å². The van der Waals surface area contributed by atoms with Crippen LogP contribution in [0.2, 0.25) is 5.02 Å². The molecule has 2 aromatic rings. The first-order chi connectivity index (χ1) is 11.5. The van der Waals surface area contributed by atoms with Crippen molar-refractivity contribution in [2.75, 3.05) is 18.0 Å². The summed E-state index contributed by atoms with van der Waals surface area (Å²) in [5, 5.41) is 11.0. The Hall–Kier alpha value is -2.27. The molecule has 0 amide bonds. The van der Waals surface area contributed by atoms with Gasteiger partial charge in [-0.2, -0.15) is 0 Å². The normalized spacial score (nSPS) is 15.3. The number of aryl methyl sites for hydroxylation is 1. The second kappa shape index (κ2) is 7.09. The molecular formula is C18H19ClN2O3. The van der Waals surface area contributed by atoms with E-state index < -0.39 is 4.92 Å². The van der Waals surface area contributed by atoms with Gasteiger partial charge >= 0.3 is 0 Å². The first-order valence-corrected chi connectivity index (χ1v) is 8.33. The topological polar surface area (TPSA) is 55.6 Å². The Kier molecular flexibility index (Phi) is 4.90. The van der Waals surface area contributed by atoms with Gasteiger partial charge in [0.15, 0.2) is 0 Å². The Morgan fingerprint density at radius 2 is 1.83 bits per heavy atom. The summed E-state index contributed by atoms with van der Waals surface area (Å²) in [5.41, 5.74) is 2.46. The fraction of sp³-hybridized carbons (Fsp3) is 0.333. The van der Waals surface area contributed by atoms with E-state index >= 15 is 0 Å². The molecule has 0 aliphatic carbocycles. The Labute approximate surface area is 146 Å². The van der Waals surface area contributed by atoms with Crippen LogP contribution in [0.25, 0.3) is 0 Å². The van der Waals surface area contributed by atoms with Crippen LogP contribution in [0.3, 0.4) is 0 Å². The number of anilines is 1. The molecule has 1 fully saturated rings. The lowest BCUT2D eigenvalue weighted by Gasteiger charge is -2.34. The van der Waals surface area contributed by atoms with Crippen molar-refractivity contribution < 1.29 is 9.66 Å². The zero-order valence-electron chi connectivity index (χ0n) is 13.4. The molecule has 0 aromatic heterocycles. The molecule has 1 aliphatic rings. The lowest BCUT2D eigenvalue weighted by Crippen LogP contribution is -2.38. The van der Waals surface area contributed by atoms with Crippen LogP contribution in [0.4, 0.5) is 11.4 Å². The molecule has 0 atom stereocenters. The third-order valence-electron chi connectivity index (χ3n) is 4.26. The summed E-state index contributed by atoms with van der Waals surface area (Å²) in [7, 11) is 0. The number of nitrogens with zero attached hydrogens (tertiary/aromatic N) is 2. The Bertz CT molecular complexity index is 726. The highest BCUT2D eigenvalue weighted by atomic mass is 35.5. The molecule has 6 heteroatoms. The Morgan fingerprint density at radius 3 is 2.42 bits per heavy atom. The molecule has 0 unspecified atom stereocenters. The summed E-state index contributed by atoms with van der Waals surface area (Å²) >= 11 is 6.09. The fourth-order valence-corrected chi connectivity index (χ4v) is 3.09. The molecule has 0 spiro atoms. The number of benzene rings is 2. The maximum absolute atomic E-state index is 10.7. The summed E-state index contributed by atoms with van der Waals surface area (Å²) in [6, 6.07) is 12.9. The minimum absolute atomic E-state index is 0.0264. The maximum atomic E-state index is 10.7. The van der Waals surface area contributed by atoms with E-state index in [9.17, 15) is 10.1 Å². The molecule has 0 radical (unpaired) electrons. The lowest BCUT2D eigenvalue weighted by molar-refractivity contribution is -0.384. The first kappa shape index (κ1) is 16.6. The van der Waals surface area contributed by atoms with Gasteiger partial charge in [-0.25, -0.2) is 0 Å². The third-order valence-corrected chi connectivity index (χ3v) is 4.56. The minimum Gasteiger partial charge on any atom is -0.489 e. The van der Waals surface area contributed by atoms with Gasteiger partial charge in [-0.1, -0.05) is 29.3 Å². The van der Waals surface area contributed by atoms with Crippen LogP contribution in [-0.4, -0.2) is 24.1 Å². The largest absolute Gasteiger partial charge is 0.489 e. The molecule has 0 saturated carbocycles. The number of hydrogen-bond donors (Lipinski definition) is 0. The third kappa shape index (κ3) is 3.79. The Morgan fingerprint density at radius 1 is 1.17 bits per heavy atom. The van der Waals surface area contributed by atoms with Crippen molar-refractivity contribution in [2.24, 2.45) is 0 Å². The zero-order valence-corrected chi connectivity index (χ0v) is 14.2. The Balaban J connectivity index is 1.59. The van der Waals surface area contributed by atoms with E-state index in [1.54, 1.807) is 6.07 Å². The molecule has 3 rings (SSSR count). The van der Waals surface area contributed by atoms with E-state index in [0.717, 1.165) is 25.9 Å². The van der Waals surface area contributed by atoms with Crippen molar-refractivity contribution in [1.82, 2.24) is 0 Å². The van der Waals surface area contributed by atoms with Gasteiger partial charge in [0, 0.05) is 43.8 Å². The fourth-order valence-electron chi connectivity index (χ4n) is 2.87. The number of hydrogen-bond acceptors (Lipinski definition) is 4. The minimum atomic E-state index is -0.463. The van der Waals surface area contributed by atoms with Crippen LogP contribution >= 0.6 is 11.6 Å². The number of piperidine rings is 1. The monoisotopic (exact) mass is 346 g/mol. The molecule has 126 valence electrons. The van der Waals surface area contributed by atoms with Crippen molar-refractivity contribution in [3.8, 4) is 5.75 Å². The highest BCUT2D eigenvalue weighted by Crippen LogP contribution is 2.31. The molecule has 2 aromatic carbocycles. The maximum Gasteiger partial charge on any atom is 0.271 e. The highest BCUT2D eigenvalue weighted by molar-refractivity contribution is 6.32. The van der Waals surface area contributed by atoms with Crippen molar-refractivity contribution in [1.29, 1.82) is 0 Å². The van der Waals surface area contributed by atoms with E-state index in [1.807, 2.05) is 0 Å². The van der Waals surface area contributed by atoms with E-state index in [2.05, 4.69) is 36.1 Å². The van der Waals surface area contributed by atoms with Gasteiger partial charge in [0.05, 0.1) is 9.95 Å². The van der Waals surface area contributed by atoms with Gasteiger partial charge in [0.2, 0.25) is 0 Å². The van der Waals surface area contributed by atoms with Crippen molar-refractivity contribution in [3.05, 3.63) is 63.2 Å². The van der Waals surface area contributed by atoms with E-state index in [1.165, 1.54) is 23.4 Å². The van der Waals surface area contributed by atoms with Crippen molar-refractivity contribution >= 4 is 23.0 Å². The standard InChI is InChI=1S/C18H19ClN2O3/c1-13-2-4-14(5-3-13)20-10-8-16(9-11-20)24-18-7-6-15(21(22)23)12-17(18)19/h2-7,12,16H,8-11H2,1H3. The molecule has 24 heavy (non-hydrogen) atoms. The molecular weight excluding hydrogens is 328 g/mol. The highest BCUT2D eigenvalue weighted by Gasteiger charge is 2.22. The second-order valence-electron chi connectivity index (χ2n) is 6.01. The number of rotatable bonds is 4. The number of halogens is 1. The average molecular weight is 347 g/mol. The van der Waals surface area contributed by atoms with Gasteiger partial charge in [-0.15, -0.1) is 0 Å². The lowest BCUT2D eigenvalue weighted by atomic mass is 10.1. The van der Waals surface area contributed by atoms with Crippen molar-refractivity contribution in [2.45, 2.75) is 25.9 Å². The quantitative estimate of drug-likeness (QED) is 0.599. The van der Waals surface area contributed by atoms with Gasteiger partial charge in [0.25, 0.3) is 5.69 Å². The summed E-state index contributed by atoms with van der Waals surface area (Å²) in [5.74, 6) is 0.510. The second-order valence-corrected chi connectivity index (χ2v) is 6.42. The molecule has 1 heterocycles. The van der Waals surface area contributed by atoms with Gasteiger partial charge in [-0.3, -0.25) is 10.1 Å². The van der Waals surface area contributed by atoms with Crippen LogP contribution in [0.15, 0.2) is 42.5 Å². The smallest absolute Gasteiger partial charge is 0.271 e. The number of non-ortho nitro benzene ring substituents is 1. The molecule has 0 N–H and O–H groups in total. The SMILES string of the molecule is Cc1ccc(N2CCC(Oc3ccc([N+](=O)[O-])cc3Cl)CC2)cc1. The van der Waals surface area contributed by atoms with E-state index in [0.29, 0.717) is 5.75 Å². The first-order valence-electron chi connectivity index (χ1n) is 7.95. The van der Waals surface area contributed by atoms with Gasteiger partial charge in [0.1, 0.15) is 11.9 Å². The van der Waals surface area contributed by atoms with Crippen molar-refractivity contribution in [3.63, 3.8) is 0 Å². The molecule has 1 saturated heterocycles. The zero-order chi connectivity index (χ0) is 17.1. The summed E-state index contributed by atoms with van der Waals surface area (Å²) in [6.45, 7) is 3.91. The summed E-state index contributed by atoms with van der Waals surface area (Å²) < 4.78 is 5.94. The predicted octanol–water partition coefficient (Wildman–Crippen LogP) is 4.60. The number of nitro groups is 1.